The van der Waals surface area contributed by atoms with Crippen LogP contribution in [0.2, 0.25) is 0 Å². The van der Waals surface area contributed by atoms with Crippen molar-refractivity contribution in [2.45, 2.75) is 46.3 Å². The summed E-state index contributed by atoms with van der Waals surface area (Å²) < 4.78 is 7.30. The number of rotatable bonds is 4. The topological polar surface area (TPSA) is 55.9 Å². The van der Waals surface area contributed by atoms with Crippen LogP contribution in [0.4, 0.5) is 0 Å². The fraction of sp³-hybridized carbons (Fsp3) is 0.538. The van der Waals surface area contributed by atoms with Crippen LogP contribution in [0.5, 0.6) is 0 Å². The molecule has 0 amide bonds. The van der Waals surface area contributed by atoms with E-state index in [1.807, 2.05) is 25.3 Å². The third-order valence-electron chi connectivity index (χ3n) is 2.50. The maximum absolute atomic E-state index is 5.51. The van der Waals surface area contributed by atoms with Gasteiger partial charge in [0.25, 0.3) is 0 Å². The zero-order valence-corrected chi connectivity index (χ0v) is 11.4. The minimum absolute atomic E-state index is 0.0852. The Balaban J connectivity index is 1.94. The fourth-order valence-electron chi connectivity index (χ4n) is 1.58. The Morgan fingerprint density at radius 3 is 2.72 bits per heavy atom. The lowest BCUT2D eigenvalue weighted by Crippen LogP contribution is -2.35. The lowest BCUT2D eigenvalue weighted by molar-refractivity contribution is 0.421. The largest absolute Gasteiger partial charge is 0.464 e. The molecule has 5 heteroatoms. The predicted octanol–water partition coefficient (Wildman–Crippen LogP) is 2.12. The Kier molecular flexibility index (Phi) is 3.52. The van der Waals surface area contributed by atoms with Crippen LogP contribution in [0.3, 0.4) is 0 Å². The fourth-order valence-corrected chi connectivity index (χ4v) is 1.58. The van der Waals surface area contributed by atoms with E-state index in [9.17, 15) is 0 Å². The van der Waals surface area contributed by atoms with Gasteiger partial charge in [0.2, 0.25) is 0 Å². The van der Waals surface area contributed by atoms with Crippen molar-refractivity contribution in [3.8, 4) is 0 Å². The minimum Gasteiger partial charge on any atom is -0.464 e. The van der Waals surface area contributed by atoms with E-state index in [-0.39, 0.29) is 5.54 Å². The van der Waals surface area contributed by atoms with Gasteiger partial charge in [0.1, 0.15) is 18.1 Å². The molecule has 0 spiro atoms. The van der Waals surface area contributed by atoms with Crippen LogP contribution < -0.4 is 5.32 Å². The van der Waals surface area contributed by atoms with E-state index in [1.165, 1.54) is 0 Å². The lowest BCUT2D eigenvalue weighted by atomic mass is 10.1. The first-order chi connectivity index (χ1) is 8.42. The molecule has 18 heavy (non-hydrogen) atoms. The van der Waals surface area contributed by atoms with Crippen LogP contribution in [-0.2, 0) is 13.1 Å². The van der Waals surface area contributed by atoms with Crippen molar-refractivity contribution in [3.63, 3.8) is 0 Å². The molecule has 2 heterocycles. The molecule has 0 bridgehead atoms. The van der Waals surface area contributed by atoms with Gasteiger partial charge < -0.3 is 9.73 Å². The van der Waals surface area contributed by atoms with Crippen LogP contribution in [0.15, 0.2) is 22.7 Å². The Bertz CT molecular complexity index is 507. The summed E-state index contributed by atoms with van der Waals surface area (Å²) in [5.74, 6) is 1.81. The molecule has 0 aliphatic rings. The number of nitrogens with one attached hydrogen (secondary N) is 1. The van der Waals surface area contributed by atoms with Gasteiger partial charge in [-0.05, 0) is 39.8 Å². The van der Waals surface area contributed by atoms with Crippen molar-refractivity contribution in [1.29, 1.82) is 0 Å². The predicted molar refractivity (Wildman–Crippen MR) is 69.2 cm³/mol. The number of hydrogen-bond acceptors (Lipinski definition) is 4. The van der Waals surface area contributed by atoms with Crippen LogP contribution in [-0.4, -0.2) is 20.5 Å². The van der Waals surface area contributed by atoms with E-state index in [1.54, 1.807) is 4.68 Å². The Hall–Kier alpha value is -1.62. The molecule has 2 rings (SSSR count). The third-order valence-corrected chi connectivity index (χ3v) is 2.50. The van der Waals surface area contributed by atoms with Gasteiger partial charge in [-0.1, -0.05) is 5.21 Å². The molecule has 0 saturated carbocycles. The monoisotopic (exact) mass is 248 g/mol. The molecular formula is C13H20N4O. The number of nitrogens with zero attached hydrogens (tertiary/aromatic N) is 3. The summed E-state index contributed by atoms with van der Waals surface area (Å²) in [4.78, 5) is 0. The molecule has 1 N–H and O–H groups in total. The average molecular weight is 248 g/mol. The van der Waals surface area contributed by atoms with Crippen LogP contribution in [0.25, 0.3) is 0 Å². The van der Waals surface area contributed by atoms with Crippen LogP contribution in [0.1, 0.15) is 38.0 Å². The summed E-state index contributed by atoms with van der Waals surface area (Å²) in [5, 5.41) is 11.6. The molecule has 0 aliphatic heterocycles. The molecule has 0 saturated heterocycles. The average Bonchev–Trinajstić information content (AvgIpc) is 2.85. The van der Waals surface area contributed by atoms with Gasteiger partial charge in [-0.25, -0.2) is 4.68 Å². The van der Waals surface area contributed by atoms with Gasteiger partial charge >= 0.3 is 0 Å². The molecule has 0 aromatic carbocycles. The number of hydrogen-bond donors (Lipinski definition) is 1. The molecule has 0 atom stereocenters. The molecule has 5 nitrogen and oxygen atoms in total. The SMILES string of the molecule is Cc1ccc(Cn2cc(CNC(C)(C)C)nn2)o1. The lowest BCUT2D eigenvalue weighted by Gasteiger charge is -2.19. The first-order valence-electron chi connectivity index (χ1n) is 6.12. The summed E-state index contributed by atoms with van der Waals surface area (Å²) in [6.45, 7) is 9.66. The standard InChI is InChI=1S/C13H20N4O/c1-10-5-6-12(18-10)9-17-8-11(15-16-17)7-14-13(2,3)4/h5-6,8,14H,7,9H2,1-4H3. The van der Waals surface area contributed by atoms with E-state index in [4.69, 9.17) is 4.42 Å². The highest BCUT2D eigenvalue weighted by molar-refractivity contribution is 5.06. The highest BCUT2D eigenvalue weighted by Gasteiger charge is 2.10. The minimum atomic E-state index is 0.0852. The van der Waals surface area contributed by atoms with E-state index in [0.717, 1.165) is 23.8 Å². The first-order valence-corrected chi connectivity index (χ1v) is 6.12. The maximum atomic E-state index is 5.51. The van der Waals surface area contributed by atoms with Crippen molar-refractivity contribution in [2.75, 3.05) is 0 Å². The van der Waals surface area contributed by atoms with Crippen molar-refractivity contribution >= 4 is 0 Å². The second-order valence-electron chi connectivity index (χ2n) is 5.52. The second-order valence-corrected chi connectivity index (χ2v) is 5.52. The van der Waals surface area contributed by atoms with E-state index in [0.29, 0.717) is 6.54 Å². The Morgan fingerprint density at radius 1 is 1.33 bits per heavy atom. The Morgan fingerprint density at radius 2 is 2.11 bits per heavy atom. The molecular weight excluding hydrogens is 228 g/mol. The molecule has 0 unspecified atom stereocenters. The number of aromatic nitrogens is 3. The summed E-state index contributed by atoms with van der Waals surface area (Å²) in [7, 11) is 0. The van der Waals surface area contributed by atoms with Crippen molar-refractivity contribution in [3.05, 3.63) is 35.5 Å². The van der Waals surface area contributed by atoms with E-state index >= 15 is 0 Å². The van der Waals surface area contributed by atoms with Crippen LogP contribution >= 0.6 is 0 Å². The highest BCUT2D eigenvalue weighted by Crippen LogP contribution is 2.08. The summed E-state index contributed by atoms with van der Waals surface area (Å²) >= 11 is 0. The Labute approximate surface area is 107 Å². The number of furan rings is 1. The molecule has 0 fully saturated rings. The van der Waals surface area contributed by atoms with E-state index < -0.39 is 0 Å². The second kappa shape index (κ2) is 4.94. The van der Waals surface area contributed by atoms with Gasteiger partial charge in [-0.15, -0.1) is 5.10 Å². The number of aryl methyl sites for hydroxylation is 1. The molecule has 2 aromatic rings. The summed E-state index contributed by atoms with van der Waals surface area (Å²) in [6.07, 6.45) is 1.94. The van der Waals surface area contributed by atoms with Gasteiger partial charge in [-0.2, -0.15) is 0 Å². The van der Waals surface area contributed by atoms with Gasteiger partial charge in [-0.3, -0.25) is 0 Å². The smallest absolute Gasteiger partial charge is 0.125 e. The van der Waals surface area contributed by atoms with Gasteiger partial charge in [0.05, 0.1) is 11.9 Å². The quantitative estimate of drug-likeness (QED) is 0.900. The maximum Gasteiger partial charge on any atom is 0.125 e. The van der Waals surface area contributed by atoms with Crippen molar-refractivity contribution in [1.82, 2.24) is 20.3 Å². The summed E-state index contributed by atoms with van der Waals surface area (Å²) in [6, 6.07) is 3.92. The molecule has 0 aliphatic carbocycles. The zero-order valence-electron chi connectivity index (χ0n) is 11.4. The molecule has 0 radical (unpaired) electrons. The van der Waals surface area contributed by atoms with Gasteiger partial charge in [0.15, 0.2) is 0 Å². The van der Waals surface area contributed by atoms with Crippen molar-refractivity contribution in [2.24, 2.45) is 0 Å². The molecule has 98 valence electrons. The summed E-state index contributed by atoms with van der Waals surface area (Å²) in [5.41, 5.74) is 1.02. The third kappa shape index (κ3) is 3.70. The molecule has 2 aromatic heterocycles. The zero-order chi connectivity index (χ0) is 13.2. The highest BCUT2D eigenvalue weighted by atomic mass is 16.3. The first kappa shape index (κ1) is 12.8. The normalized spacial score (nSPS) is 12.0. The van der Waals surface area contributed by atoms with Crippen LogP contribution in [0, 0.1) is 6.92 Å². The van der Waals surface area contributed by atoms with Crippen molar-refractivity contribution < 1.29 is 4.42 Å². The van der Waals surface area contributed by atoms with Gasteiger partial charge in [0, 0.05) is 12.1 Å². The van der Waals surface area contributed by atoms with E-state index in [2.05, 4.69) is 36.4 Å².